The maximum Gasteiger partial charge on any atom is 0.225 e. The Kier molecular flexibility index (Phi) is 6.17. The molecule has 6 nitrogen and oxygen atoms in total. The third-order valence-electron chi connectivity index (χ3n) is 3.10. The minimum atomic E-state index is -2.97. The molecule has 0 bridgehead atoms. The predicted molar refractivity (Wildman–Crippen MR) is 86.0 cm³/mol. The lowest BCUT2D eigenvalue weighted by Crippen LogP contribution is -2.28. The molecule has 1 aromatic rings. The molecular weight excluding hydrogens is 290 g/mol. The van der Waals surface area contributed by atoms with E-state index in [0.29, 0.717) is 30.9 Å². The van der Waals surface area contributed by atoms with Crippen molar-refractivity contribution in [3.05, 3.63) is 23.8 Å². The number of hydrogen-bond acceptors (Lipinski definition) is 5. The number of hydrogen-bond donors (Lipinski definition) is 2. The second-order valence-corrected chi connectivity index (χ2v) is 7.57. The van der Waals surface area contributed by atoms with Gasteiger partial charge in [-0.15, -0.1) is 0 Å². The van der Waals surface area contributed by atoms with Crippen LogP contribution in [0.4, 0.5) is 11.4 Å². The Morgan fingerprint density at radius 3 is 2.62 bits per heavy atom. The molecule has 0 unspecified atom stereocenters. The van der Waals surface area contributed by atoms with Crippen molar-refractivity contribution in [1.82, 2.24) is 4.90 Å². The van der Waals surface area contributed by atoms with Crippen molar-refractivity contribution < 1.29 is 13.2 Å². The first-order valence-electron chi connectivity index (χ1n) is 6.69. The minimum Gasteiger partial charge on any atom is -0.399 e. The molecule has 21 heavy (non-hydrogen) atoms. The number of anilines is 2. The van der Waals surface area contributed by atoms with Gasteiger partial charge >= 0.3 is 0 Å². The summed E-state index contributed by atoms with van der Waals surface area (Å²) in [6.07, 6.45) is 1.50. The Morgan fingerprint density at radius 1 is 1.33 bits per heavy atom. The third-order valence-corrected chi connectivity index (χ3v) is 4.02. The van der Waals surface area contributed by atoms with Crippen LogP contribution in [0, 0.1) is 6.92 Å². The molecule has 0 aliphatic carbocycles. The number of sulfone groups is 1. The zero-order chi connectivity index (χ0) is 16.0. The van der Waals surface area contributed by atoms with Gasteiger partial charge in [-0.2, -0.15) is 0 Å². The standard InChI is InChI=1S/C14H23N3O3S/c1-11-4-5-12(15)10-13(11)16-14(18)6-7-17(2)8-9-21(3,19)20/h4-5,10H,6-9,15H2,1-3H3,(H,16,18). The van der Waals surface area contributed by atoms with Gasteiger partial charge in [-0.3, -0.25) is 4.79 Å². The summed E-state index contributed by atoms with van der Waals surface area (Å²) >= 11 is 0. The van der Waals surface area contributed by atoms with Gasteiger partial charge in [0.1, 0.15) is 9.84 Å². The van der Waals surface area contributed by atoms with E-state index >= 15 is 0 Å². The van der Waals surface area contributed by atoms with Gasteiger partial charge in [-0.05, 0) is 31.7 Å². The van der Waals surface area contributed by atoms with Crippen LogP contribution in [-0.4, -0.2) is 51.4 Å². The molecule has 118 valence electrons. The number of nitrogens with two attached hydrogens (primary N) is 1. The topological polar surface area (TPSA) is 92.5 Å². The van der Waals surface area contributed by atoms with Crippen molar-refractivity contribution in [2.24, 2.45) is 0 Å². The van der Waals surface area contributed by atoms with E-state index in [2.05, 4.69) is 5.32 Å². The molecule has 0 aliphatic rings. The second kappa shape index (κ2) is 7.42. The number of benzene rings is 1. The molecule has 1 aromatic carbocycles. The lowest BCUT2D eigenvalue weighted by Gasteiger charge is -2.16. The number of carbonyl (C=O) groups excluding carboxylic acids is 1. The number of carbonyl (C=O) groups is 1. The van der Waals surface area contributed by atoms with Crippen LogP contribution >= 0.6 is 0 Å². The predicted octanol–water partition coefficient (Wildman–Crippen LogP) is 0.882. The van der Waals surface area contributed by atoms with Crippen LogP contribution in [0.15, 0.2) is 18.2 Å². The van der Waals surface area contributed by atoms with Gasteiger partial charge in [0.15, 0.2) is 0 Å². The van der Waals surface area contributed by atoms with E-state index in [1.165, 1.54) is 6.26 Å². The smallest absolute Gasteiger partial charge is 0.225 e. The lowest BCUT2D eigenvalue weighted by molar-refractivity contribution is -0.116. The van der Waals surface area contributed by atoms with Crippen LogP contribution < -0.4 is 11.1 Å². The lowest BCUT2D eigenvalue weighted by atomic mass is 10.2. The normalized spacial score (nSPS) is 11.6. The minimum absolute atomic E-state index is 0.0967. The number of nitrogen functional groups attached to an aromatic ring is 1. The largest absolute Gasteiger partial charge is 0.399 e. The first-order chi connectivity index (χ1) is 9.67. The third kappa shape index (κ3) is 7.10. The number of nitrogens with zero attached hydrogens (tertiary/aromatic N) is 1. The summed E-state index contributed by atoms with van der Waals surface area (Å²) in [6.45, 7) is 2.82. The first kappa shape index (κ1) is 17.5. The SMILES string of the molecule is Cc1ccc(N)cc1NC(=O)CCN(C)CCS(C)(=O)=O. The fourth-order valence-corrected chi connectivity index (χ4v) is 2.36. The monoisotopic (exact) mass is 313 g/mol. The number of rotatable bonds is 7. The molecule has 1 amide bonds. The summed E-state index contributed by atoms with van der Waals surface area (Å²) in [6, 6.07) is 5.35. The summed E-state index contributed by atoms with van der Waals surface area (Å²) in [5, 5.41) is 2.81. The van der Waals surface area contributed by atoms with Gasteiger partial charge in [0.05, 0.1) is 5.75 Å². The van der Waals surface area contributed by atoms with Gasteiger partial charge in [0, 0.05) is 37.1 Å². The molecule has 0 aliphatic heterocycles. The molecule has 0 saturated carbocycles. The zero-order valence-corrected chi connectivity index (χ0v) is 13.5. The highest BCUT2D eigenvalue weighted by molar-refractivity contribution is 7.90. The van der Waals surface area contributed by atoms with Crippen molar-refractivity contribution >= 4 is 27.1 Å². The number of aryl methyl sites for hydroxylation is 1. The summed E-state index contributed by atoms with van der Waals surface area (Å²) in [7, 11) is -1.18. The van der Waals surface area contributed by atoms with E-state index in [1.807, 2.05) is 17.9 Å². The average molecular weight is 313 g/mol. The molecule has 0 heterocycles. The zero-order valence-electron chi connectivity index (χ0n) is 12.7. The van der Waals surface area contributed by atoms with E-state index in [9.17, 15) is 13.2 Å². The van der Waals surface area contributed by atoms with Crippen LogP contribution in [0.25, 0.3) is 0 Å². The molecule has 0 saturated heterocycles. The van der Waals surface area contributed by atoms with Gasteiger partial charge in [0.25, 0.3) is 0 Å². The summed E-state index contributed by atoms with van der Waals surface area (Å²) < 4.78 is 22.1. The molecule has 3 N–H and O–H groups in total. The molecule has 0 spiro atoms. The van der Waals surface area contributed by atoms with Crippen molar-refractivity contribution in [1.29, 1.82) is 0 Å². The maximum absolute atomic E-state index is 11.9. The van der Waals surface area contributed by atoms with Crippen molar-refractivity contribution in [3.8, 4) is 0 Å². The number of nitrogens with one attached hydrogen (secondary N) is 1. The molecule has 7 heteroatoms. The van der Waals surface area contributed by atoms with Crippen LogP contribution in [0.2, 0.25) is 0 Å². The second-order valence-electron chi connectivity index (χ2n) is 5.31. The molecule has 1 rings (SSSR count). The van der Waals surface area contributed by atoms with Crippen LogP contribution in [-0.2, 0) is 14.6 Å². The molecule has 0 aromatic heterocycles. The Hall–Kier alpha value is -1.60. The van der Waals surface area contributed by atoms with Gasteiger partial charge in [0.2, 0.25) is 5.91 Å². The molecule has 0 atom stereocenters. The van der Waals surface area contributed by atoms with Crippen LogP contribution in [0.3, 0.4) is 0 Å². The highest BCUT2D eigenvalue weighted by atomic mass is 32.2. The van der Waals surface area contributed by atoms with E-state index in [-0.39, 0.29) is 11.7 Å². The van der Waals surface area contributed by atoms with Gasteiger partial charge < -0.3 is 16.0 Å². The fourth-order valence-electron chi connectivity index (χ4n) is 1.71. The van der Waals surface area contributed by atoms with Gasteiger partial charge in [-0.25, -0.2) is 8.42 Å². The van der Waals surface area contributed by atoms with Gasteiger partial charge in [-0.1, -0.05) is 6.07 Å². The van der Waals surface area contributed by atoms with Crippen molar-refractivity contribution in [2.75, 3.05) is 43.2 Å². The summed E-state index contributed by atoms with van der Waals surface area (Å²) in [5.41, 5.74) is 7.94. The van der Waals surface area contributed by atoms with Crippen molar-refractivity contribution in [3.63, 3.8) is 0 Å². The van der Waals surface area contributed by atoms with E-state index in [4.69, 9.17) is 5.73 Å². The van der Waals surface area contributed by atoms with E-state index in [0.717, 1.165) is 5.56 Å². The average Bonchev–Trinajstić information content (AvgIpc) is 2.37. The van der Waals surface area contributed by atoms with Crippen LogP contribution in [0.5, 0.6) is 0 Å². The quantitative estimate of drug-likeness (QED) is 0.729. The van der Waals surface area contributed by atoms with E-state index < -0.39 is 9.84 Å². The first-order valence-corrected chi connectivity index (χ1v) is 8.75. The summed E-state index contributed by atoms with van der Waals surface area (Å²) in [5.74, 6) is -0.0192. The highest BCUT2D eigenvalue weighted by Crippen LogP contribution is 2.18. The Bertz CT molecular complexity index is 599. The fraction of sp³-hybridized carbons (Fsp3) is 0.500. The van der Waals surface area contributed by atoms with Crippen LogP contribution in [0.1, 0.15) is 12.0 Å². The Morgan fingerprint density at radius 2 is 2.00 bits per heavy atom. The highest BCUT2D eigenvalue weighted by Gasteiger charge is 2.09. The van der Waals surface area contributed by atoms with Crippen molar-refractivity contribution in [2.45, 2.75) is 13.3 Å². The summed E-state index contributed by atoms with van der Waals surface area (Å²) in [4.78, 5) is 13.7. The maximum atomic E-state index is 11.9. The Balaban J connectivity index is 2.42. The molecular formula is C14H23N3O3S. The molecule has 0 radical (unpaired) electrons. The number of amides is 1. The Labute approximate surface area is 126 Å². The molecule has 0 fully saturated rings. The van der Waals surface area contributed by atoms with E-state index in [1.54, 1.807) is 19.2 Å².